The maximum Gasteiger partial charge on any atom is 0.311 e. The van der Waals surface area contributed by atoms with Gasteiger partial charge in [0, 0.05) is 36.0 Å². The summed E-state index contributed by atoms with van der Waals surface area (Å²) in [5.74, 6) is -0.456. The van der Waals surface area contributed by atoms with Gasteiger partial charge in [-0.15, -0.1) is 0 Å². The number of hydrogen-bond acceptors (Lipinski definition) is 5. The molecule has 2 amide bonds. The Morgan fingerprint density at radius 3 is 2.18 bits per heavy atom. The zero-order valence-electron chi connectivity index (χ0n) is 16.1. The first kappa shape index (κ1) is 20.9. The van der Waals surface area contributed by atoms with Crippen molar-refractivity contribution in [3.63, 3.8) is 0 Å². The molecule has 0 fully saturated rings. The third kappa shape index (κ3) is 4.85. The Morgan fingerprint density at radius 2 is 1.64 bits per heavy atom. The summed E-state index contributed by atoms with van der Waals surface area (Å²) >= 11 is 0. The summed E-state index contributed by atoms with van der Waals surface area (Å²) in [6, 6.07) is 10.6. The van der Waals surface area contributed by atoms with Crippen molar-refractivity contribution in [2.45, 2.75) is 20.8 Å². The van der Waals surface area contributed by atoms with Gasteiger partial charge < -0.3 is 15.0 Å². The molecular formula is C20H23N3O5. The van der Waals surface area contributed by atoms with Crippen LogP contribution in [0.4, 0.5) is 11.4 Å². The number of carbonyl (C=O) groups is 2. The van der Waals surface area contributed by atoms with Crippen molar-refractivity contribution in [1.82, 2.24) is 4.90 Å². The molecule has 0 unspecified atom stereocenters. The lowest BCUT2D eigenvalue weighted by molar-refractivity contribution is -0.385. The predicted octanol–water partition coefficient (Wildman–Crippen LogP) is 3.73. The highest BCUT2D eigenvalue weighted by Crippen LogP contribution is 2.28. The zero-order valence-corrected chi connectivity index (χ0v) is 16.1. The van der Waals surface area contributed by atoms with Gasteiger partial charge in [0.1, 0.15) is 0 Å². The largest absolute Gasteiger partial charge is 0.487 e. The number of rotatable bonds is 8. The van der Waals surface area contributed by atoms with E-state index >= 15 is 0 Å². The van der Waals surface area contributed by atoms with Crippen LogP contribution in [0, 0.1) is 10.1 Å². The van der Waals surface area contributed by atoms with Crippen molar-refractivity contribution >= 4 is 23.2 Å². The number of hydrogen-bond donors (Lipinski definition) is 1. The predicted molar refractivity (Wildman–Crippen MR) is 106 cm³/mol. The minimum atomic E-state index is -0.588. The number of carbonyl (C=O) groups excluding carboxylic acids is 2. The quantitative estimate of drug-likeness (QED) is 0.551. The number of nitro groups is 1. The highest BCUT2D eigenvalue weighted by molar-refractivity contribution is 6.05. The van der Waals surface area contributed by atoms with Gasteiger partial charge in [-0.2, -0.15) is 0 Å². The summed E-state index contributed by atoms with van der Waals surface area (Å²) < 4.78 is 5.22. The van der Waals surface area contributed by atoms with Crippen molar-refractivity contribution in [3.8, 4) is 5.75 Å². The lowest BCUT2D eigenvalue weighted by atomic mass is 10.1. The first-order valence-corrected chi connectivity index (χ1v) is 9.03. The molecular weight excluding hydrogens is 362 g/mol. The molecule has 2 rings (SSSR count). The molecule has 0 radical (unpaired) electrons. The second-order valence-electron chi connectivity index (χ2n) is 5.88. The summed E-state index contributed by atoms with van der Waals surface area (Å²) in [6.45, 7) is 7.05. The van der Waals surface area contributed by atoms with Gasteiger partial charge in [0.05, 0.1) is 11.5 Å². The molecule has 2 aromatic rings. The van der Waals surface area contributed by atoms with E-state index in [-0.39, 0.29) is 29.5 Å². The summed E-state index contributed by atoms with van der Waals surface area (Å²) in [7, 11) is 0. The molecule has 28 heavy (non-hydrogen) atoms. The number of nitrogens with zero attached hydrogens (tertiary/aromatic N) is 2. The number of nitro benzene ring substituents is 1. The Balaban J connectivity index is 2.15. The third-order valence-corrected chi connectivity index (χ3v) is 4.16. The minimum absolute atomic E-state index is 0.0787. The van der Waals surface area contributed by atoms with Crippen LogP contribution in [0.1, 0.15) is 41.5 Å². The Morgan fingerprint density at radius 1 is 1.04 bits per heavy atom. The maximum atomic E-state index is 12.4. The van der Waals surface area contributed by atoms with Gasteiger partial charge in [0.2, 0.25) is 0 Å². The van der Waals surface area contributed by atoms with Crippen LogP contribution in [0.5, 0.6) is 5.75 Å². The van der Waals surface area contributed by atoms with Crippen molar-refractivity contribution in [2.75, 3.05) is 25.0 Å². The molecule has 0 spiro atoms. The maximum absolute atomic E-state index is 12.4. The van der Waals surface area contributed by atoms with E-state index in [0.29, 0.717) is 24.3 Å². The normalized spacial score (nSPS) is 10.2. The fraction of sp³-hybridized carbons (Fsp3) is 0.300. The molecule has 0 heterocycles. The molecule has 0 aliphatic heterocycles. The molecule has 0 saturated carbocycles. The summed E-state index contributed by atoms with van der Waals surface area (Å²) in [5, 5.41) is 13.9. The number of benzene rings is 2. The number of anilines is 1. The Bertz CT molecular complexity index is 861. The van der Waals surface area contributed by atoms with Gasteiger partial charge >= 0.3 is 5.69 Å². The second-order valence-corrected chi connectivity index (χ2v) is 5.88. The van der Waals surface area contributed by atoms with E-state index in [1.807, 2.05) is 13.8 Å². The summed E-state index contributed by atoms with van der Waals surface area (Å²) in [6.07, 6.45) is 0. The molecule has 0 atom stereocenters. The first-order chi connectivity index (χ1) is 13.4. The van der Waals surface area contributed by atoms with Crippen LogP contribution >= 0.6 is 0 Å². The number of amides is 2. The molecule has 8 heteroatoms. The second kappa shape index (κ2) is 9.50. The highest BCUT2D eigenvalue weighted by atomic mass is 16.6. The lowest BCUT2D eigenvalue weighted by Gasteiger charge is -2.18. The lowest BCUT2D eigenvalue weighted by Crippen LogP contribution is -2.30. The van der Waals surface area contributed by atoms with Gasteiger partial charge in [-0.25, -0.2) is 0 Å². The third-order valence-electron chi connectivity index (χ3n) is 4.16. The standard InChI is InChI=1S/C20H23N3O5/c1-4-22(5-2)20(25)14-7-10-16(11-8-14)21-19(24)15-9-12-18(28-6-3)17(13-15)23(26)27/h7-13H,4-6H2,1-3H3,(H,21,24). The molecule has 148 valence electrons. The van der Waals surface area contributed by atoms with Gasteiger partial charge in [-0.1, -0.05) is 0 Å². The average Bonchev–Trinajstić information content (AvgIpc) is 2.69. The van der Waals surface area contributed by atoms with Crippen LogP contribution in [-0.4, -0.2) is 41.3 Å². The van der Waals surface area contributed by atoms with E-state index in [2.05, 4.69) is 5.32 Å². The fourth-order valence-corrected chi connectivity index (χ4v) is 2.67. The topological polar surface area (TPSA) is 102 Å². The van der Waals surface area contributed by atoms with Crippen LogP contribution < -0.4 is 10.1 Å². The van der Waals surface area contributed by atoms with Gasteiger partial charge in [-0.3, -0.25) is 19.7 Å². The zero-order chi connectivity index (χ0) is 20.7. The van der Waals surface area contributed by atoms with Gasteiger partial charge in [0.15, 0.2) is 5.75 Å². The van der Waals surface area contributed by atoms with Gasteiger partial charge in [0.25, 0.3) is 11.8 Å². The first-order valence-electron chi connectivity index (χ1n) is 9.03. The summed E-state index contributed by atoms with van der Waals surface area (Å²) in [5.41, 5.74) is 0.879. The van der Waals surface area contributed by atoms with Crippen molar-refractivity contribution < 1.29 is 19.2 Å². The van der Waals surface area contributed by atoms with E-state index in [1.54, 1.807) is 36.1 Å². The number of ether oxygens (including phenoxy) is 1. The number of nitrogens with one attached hydrogen (secondary N) is 1. The van der Waals surface area contributed by atoms with Crippen molar-refractivity contribution in [2.24, 2.45) is 0 Å². The molecule has 0 aliphatic rings. The molecule has 0 saturated heterocycles. The molecule has 0 aromatic heterocycles. The van der Waals surface area contributed by atoms with Crippen LogP contribution in [-0.2, 0) is 0 Å². The highest BCUT2D eigenvalue weighted by Gasteiger charge is 2.19. The molecule has 0 aliphatic carbocycles. The molecule has 2 aromatic carbocycles. The smallest absolute Gasteiger partial charge is 0.311 e. The molecule has 8 nitrogen and oxygen atoms in total. The Kier molecular flexibility index (Phi) is 7.08. The van der Waals surface area contributed by atoms with Crippen LogP contribution in [0.2, 0.25) is 0 Å². The fourth-order valence-electron chi connectivity index (χ4n) is 2.67. The Hall–Kier alpha value is -3.42. The molecule has 1 N–H and O–H groups in total. The van der Waals surface area contributed by atoms with E-state index < -0.39 is 10.8 Å². The Labute approximate surface area is 163 Å². The SMILES string of the molecule is CCOc1ccc(C(=O)Nc2ccc(C(=O)N(CC)CC)cc2)cc1[N+](=O)[O-]. The van der Waals surface area contributed by atoms with Crippen molar-refractivity contribution in [3.05, 3.63) is 63.7 Å². The van der Waals surface area contributed by atoms with Gasteiger partial charge in [-0.05, 0) is 57.2 Å². The van der Waals surface area contributed by atoms with E-state index in [0.717, 1.165) is 0 Å². The molecule has 0 bridgehead atoms. The average molecular weight is 385 g/mol. The van der Waals surface area contributed by atoms with E-state index in [4.69, 9.17) is 4.74 Å². The van der Waals surface area contributed by atoms with E-state index in [1.165, 1.54) is 18.2 Å². The minimum Gasteiger partial charge on any atom is -0.487 e. The van der Waals surface area contributed by atoms with Crippen LogP contribution in [0.3, 0.4) is 0 Å². The van der Waals surface area contributed by atoms with Crippen LogP contribution in [0.15, 0.2) is 42.5 Å². The van der Waals surface area contributed by atoms with Crippen LogP contribution in [0.25, 0.3) is 0 Å². The summed E-state index contributed by atoms with van der Waals surface area (Å²) in [4.78, 5) is 37.0. The monoisotopic (exact) mass is 385 g/mol. The van der Waals surface area contributed by atoms with E-state index in [9.17, 15) is 19.7 Å². The van der Waals surface area contributed by atoms with Crippen molar-refractivity contribution in [1.29, 1.82) is 0 Å².